The minimum Gasteiger partial charge on any atom is -0.284 e. The van der Waals surface area contributed by atoms with E-state index in [2.05, 4.69) is 8.91 Å². The molecule has 1 aromatic rings. The highest BCUT2D eigenvalue weighted by molar-refractivity contribution is 7.92. The molecule has 0 atom stereocenters. The Balaban J connectivity index is 2.45. The van der Waals surface area contributed by atoms with E-state index in [1.54, 1.807) is 24.3 Å². The van der Waals surface area contributed by atoms with Gasteiger partial charge in [-0.1, -0.05) is 12.1 Å². The number of hydrogen-bond acceptors (Lipinski definition) is 5. The van der Waals surface area contributed by atoms with E-state index >= 15 is 0 Å². The fraction of sp³-hybridized carbons (Fsp3) is 0.455. The second-order valence-corrected chi connectivity index (χ2v) is 7.59. The Labute approximate surface area is 114 Å². The zero-order chi connectivity index (χ0) is 14.5. The Hall–Kier alpha value is -1.12. The highest BCUT2D eigenvalue weighted by atomic mass is 32.2. The van der Waals surface area contributed by atoms with Crippen molar-refractivity contribution in [3.8, 4) is 0 Å². The maximum atomic E-state index is 11.0. The summed E-state index contributed by atoms with van der Waals surface area (Å²) in [7, 11) is -6.65. The van der Waals surface area contributed by atoms with Gasteiger partial charge in [-0.15, -0.1) is 0 Å². The van der Waals surface area contributed by atoms with Crippen LogP contribution in [0.25, 0.3) is 0 Å². The lowest BCUT2D eigenvalue weighted by Crippen LogP contribution is -2.09. The van der Waals surface area contributed by atoms with Gasteiger partial charge in [0.05, 0.1) is 19.1 Å². The van der Waals surface area contributed by atoms with Gasteiger partial charge in [-0.2, -0.15) is 8.42 Å². The van der Waals surface area contributed by atoms with Crippen LogP contribution in [0.4, 0.5) is 5.69 Å². The van der Waals surface area contributed by atoms with Crippen molar-refractivity contribution in [2.45, 2.75) is 12.8 Å². The van der Waals surface area contributed by atoms with E-state index in [0.717, 1.165) is 18.1 Å². The van der Waals surface area contributed by atoms with Gasteiger partial charge in [-0.3, -0.25) is 8.91 Å². The second kappa shape index (κ2) is 6.36. The predicted molar refractivity (Wildman–Crippen MR) is 74.0 cm³/mol. The first-order chi connectivity index (χ1) is 8.66. The molecule has 6 nitrogen and oxygen atoms in total. The summed E-state index contributed by atoms with van der Waals surface area (Å²) in [4.78, 5) is 0. The molecular formula is C11H17NO5S2. The van der Waals surface area contributed by atoms with Gasteiger partial charge >= 0.3 is 0 Å². The summed E-state index contributed by atoms with van der Waals surface area (Å²) >= 11 is 0. The minimum atomic E-state index is -3.38. The summed E-state index contributed by atoms with van der Waals surface area (Å²) in [6.45, 7) is 0.141. The zero-order valence-electron chi connectivity index (χ0n) is 10.8. The average Bonchev–Trinajstić information content (AvgIpc) is 2.23. The number of anilines is 1. The van der Waals surface area contributed by atoms with E-state index in [1.807, 2.05) is 0 Å². The molecule has 8 heteroatoms. The third kappa shape index (κ3) is 7.81. The van der Waals surface area contributed by atoms with Crippen LogP contribution in [0.2, 0.25) is 0 Å². The molecular weight excluding hydrogens is 290 g/mol. The van der Waals surface area contributed by atoms with E-state index < -0.39 is 20.1 Å². The van der Waals surface area contributed by atoms with Crippen molar-refractivity contribution >= 4 is 25.8 Å². The van der Waals surface area contributed by atoms with Crippen molar-refractivity contribution in [1.29, 1.82) is 0 Å². The number of hydrogen-bond donors (Lipinski definition) is 1. The van der Waals surface area contributed by atoms with Crippen LogP contribution in [0.1, 0.15) is 12.0 Å². The van der Waals surface area contributed by atoms with Gasteiger partial charge in [0.25, 0.3) is 10.1 Å². The predicted octanol–water partition coefficient (Wildman–Crippen LogP) is 0.967. The maximum Gasteiger partial charge on any atom is 0.264 e. The first-order valence-electron chi connectivity index (χ1n) is 5.57. The van der Waals surface area contributed by atoms with Gasteiger partial charge in [-0.25, -0.2) is 8.42 Å². The molecule has 108 valence electrons. The van der Waals surface area contributed by atoms with Crippen LogP contribution in [0.15, 0.2) is 24.3 Å². The summed E-state index contributed by atoms with van der Waals surface area (Å²) in [5, 5.41) is 0. The molecule has 0 unspecified atom stereocenters. The number of aryl methyl sites for hydroxylation is 1. The van der Waals surface area contributed by atoms with Crippen molar-refractivity contribution in [3.05, 3.63) is 29.8 Å². The van der Waals surface area contributed by atoms with Gasteiger partial charge in [0, 0.05) is 5.69 Å². The van der Waals surface area contributed by atoms with Gasteiger partial charge in [0.15, 0.2) is 0 Å². The Bertz CT molecular complexity index is 605. The molecule has 0 spiro atoms. The molecule has 0 aliphatic carbocycles. The maximum absolute atomic E-state index is 11.0. The van der Waals surface area contributed by atoms with E-state index in [0.29, 0.717) is 18.5 Å². The van der Waals surface area contributed by atoms with Crippen LogP contribution in [-0.4, -0.2) is 36.0 Å². The highest BCUT2D eigenvalue weighted by Crippen LogP contribution is 2.12. The summed E-state index contributed by atoms with van der Waals surface area (Å²) in [5.74, 6) is 0. The van der Waals surface area contributed by atoms with E-state index in [4.69, 9.17) is 0 Å². The smallest absolute Gasteiger partial charge is 0.264 e. The normalized spacial score (nSPS) is 12.3. The Kier molecular flexibility index (Phi) is 5.33. The lowest BCUT2D eigenvalue weighted by Gasteiger charge is -2.05. The Morgan fingerprint density at radius 3 is 2.11 bits per heavy atom. The average molecular weight is 307 g/mol. The molecule has 0 fully saturated rings. The van der Waals surface area contributed by atoms with Crippen LogP contribution in [0, 0.1) is 0 Å². The summed E-state index contributed by atoms with van der Waals surface area (Å²) in [6, 6.07) is 6.89. The summed E-state index contributed by atoms with van der Waals surface area (Å²) in [6.07, 6.45) is 3.34. The fourth-order valence-electron chi connectivity index (χ4n) is 1.44. The molecule has 0 radical (unpaired) electrons. The van der Waals surface area contributed by atoms with Gasteiger partial charge in [0.2, 0.25) is 10.0 Å². The molecule has 0 heterocycles. The minimum absolute atomic E-state index is 0.141. The third-order valence-electron chi connectivity index (χ3n) is 2.16. The number of nitrogens with one attached hydrogen (secondary N) is 1. The Morgan fingerprint density at radius 2 is 1.63 bits per heavy atom. The van der Waals surface area contributed by atoms with Gasteiger partial charge < -0.3 is 0 Å². The molecule has 0 amide bonds. The van der Waals surface area contributed by atoms with Gasteiger partial charge in [0.1, 0.15) is 0 Å². The van der Waals surface area contributed by atoms with Crippen LogP contribution < -0.4 is 4.72 Å². The van der Waals surface area contributed by atoms with Crippen LogP contribution >= 0.6 is 0 Å². The SMILES string of the molecule is CS(=O)(=O)Nc1ccc(CCCOS(C)(=O)=O)cc1. The number of rotatable bonds is 7. The molecule has 1 rings (SSSR count). The highest BCUT2D eigenvalue weighted by Gasteiger charge is 2.03. The molecule has 0 saturated heterocycles. The van der Waals surface area contributed by atoms with Crippen LogP contribution in [-0.2, 0) is 30.7 Å². The van der Waals surface area contributed by atoms with Crippen molar-refractivity contribution < 1.29 is 21.0 Å². The summed E-state index contributed by atoms with van der Waals surface area (Å²) < 4.78 is 50.5. The zero-order valence-corrected chi connectivity index (χ0v) is 12.4. The molecule has 1 N–H and O–H groups in total. The fourth-order valence-corrected chi connectivity index (χ4v) is 2.42. The molecule has 0 aromatic heterocycles. The molecule has 0 saturated carbocycles. The monoisotopic (exact) mass is 307 g/mol. The van der Waals surface area contributed by atoms with Crippen molar-refractivity contribution in [2.24, 2.45) is 0 Å². The quantitative estimate of drug-likeness (QED) is 0.599. The van der Waals surface area contributed by atoms with E-state index in [-0.39, 0.29) is 6.61 Å². The van der Waals surface area contributed by atoms with Crippen molar-refractivity contribution in [3.63, 3.8) is 0 Å². The first-order valence-corrected chi connectivity index (χ1v) is 9.28. The number of benzene rings is 1. The second-order valence-electron chi connectivity index (χ2n) is 4.20. The largest absolute Gasteiger partial charge is 0.284 e. The number of sulfonamides is 1. The molecule has 0 aliphatic rings. The van der Waals surface area contributed by atoms with Gasteiger partial charge in [-0.05, 0) is 30.5 Å². The molecule has 19 heavy (non-hydrogen) atoms. The standard InChI is InChI=1S/C11H17NO5S2/c1-18(13,14)12-11-7-5-10(6-8-11)4-3-9-17-19(2,15)16/h5-8,12H,3-4,9H2,1-2H3. The van der Waals surface area contributed by atoms with Crippen LogP contribution in [0.5, 0.6) is 0 Å². The Morgan fingerprint density at radius 1 is 1.05 bits per heavy atom. The third-order valence-corrected chi connectivity index (χ3v) is 3.37. The molecule has 1 aromatic carbocycles. The first kappa shape index (κ1) is 15.9. The van der Waals surface area contributed by atoms with Crippen LogP contribution in [0.3, 0.4) is 0 Å². The molecule has 0 aliphatic heterocycles. The topological polar surface area (TPSA) is 89.5 Å². The lowest BCUT2D eigenvalue weighted by molar-refractivity contribution is 0.316. The van der Waals surface area contributed by atoms with Crippen molar-refractivity contribution in [1.82, 2.24) is 0 Å². The van der Waals surface area contributed by atoms with E-state index in [9.17, 15) is 16.8 Å². The molecule has 0 bridgehead atoms. The van der Waals surface area contributed by atoms with Crippen molar-refractivity contribution in [2.75, 3.05) is 23.8 Å². The lowest BCUT2D eigenvalue weighted by atomic mass is 10.1. The van der Waals surface area contributed by atoms with E-state index in [1.165, 1.54) is 0 Å². The summed E-state index contributed by atoms with van der Waals surface area (Å²) in [5.41, 5.74) is 1.48.